The number of amides is 1. The molecule has 2 atom stereocenters. The molecule has 10 nitrogen and oxygen atoms in total. The van der Waals surface area contributed by atoms with Gasteiger partial charge in [-0.25, -0.2) is 14.8 Å². The third-order valence-corrected chi connectivity index (χ3v) is 7.14. The molecule has 1 aromatic carbocycles. The van der Waals surface area contributed by atoms with Crippen molar-refractivity contribution in [2.75, 3.05) is 23.3 Å². The van der Waals surface area contributed by atoms with Crippen LogP contribution in [-0.4, -0.2) is 66.0 Å². The zero-order chi connectivity index (χ0) is 25.4. The topological polar surface area (TPSA) is 112 Å². The molecule has 3 aromatic heterocycles. The van der Waals surface area contributed by atoms with Gasteiger partial charge in [0.2, 0.25) is 5.95 Å². The Balaban J connectivity index is 1.20. The zero-order valence-electron chi connectivity index (χ0n) is 20.5. The highest BCUT2D eigenvalue weighted by atomic mass is 16.4. The Morgan fingerprint density at radius 1 is 1.08 bits per heavy atom. The number of piperazine rings is 1. The Morgan fingerprint density at radius 3 is 2.54 bits per heavy atom. The Morgan fingerprint density at radius 2 is 1.86 bits per heavy atom. The second kappa shape index (κ2) is 9.53. The van der Waals surface area contributed by atoms with Crippen molar-refractivity contribution in [2.24, 2.45) is 0 Å². The largest absolute Gasteiger partial charge is 0.465 e. The molecule has 10 heteroatoms. The van der Waals surface area contributed by atoms with Crippen LogP contribution in [0.25, 0.3) is 22.5 Å². The molecule has 2 bridgehead atoms. The van der Waals surface area contributed by atoms with Crippen LogP contribution in [0.4, 0.5) is 22.1 Å². The van der Waals surface area contributed by atoms with Gasteiger partial charge in [0.1, 0.15) is 5.69 Å². The first-order valence-electron chi connectivity index (χ1n) is 12.5. The van der Waals surface area contributed by atoms with Crippen molar-refractivity contribution in [3.63, 3.8) is 0 Å². The predicted molar refractivity (Wildman–Crippen MR) is 141 cm³/mol. The van der Waals surface area contributed by atoms with Gasteiger partial charge in [0.25, 0.3) is 0 Å². The summed E-state index contributed by atoms with van der Waals surface area (Å²) in [6.45, 7) is 4.26. The predicted octanol–water partition coefficient (Wildman–Crippen LogP) is 4.50. The van der Waals surface area contributed by atoms with E-state index >= 15 is 0 Å². The summed E-state index contributed by atoms with van der Waals surface area (Å²) < 4.78 is 1.90. The third kappa shape index (κ3) is 4.46. The summed E-state index contributed by atoms with van der Waals surface area (Å²) in [5, 5.41) is 17.5. The fourth-order valence-corrected chi connectivity index (χ4v) is 5.37. The maximum Gasteiger partial charge on any atom is 0.407 e. The molecule has 6 rings (SSSR count). The molecule has 4 aromatic rings. The standard InChI is InChI=1S/C27H28N8O2/c1-2-34-17-23(25(32-34)18-4-3-12-28-14-18)24-11-13-29-26(31-24)30-19-5-7-20(8-6-19)33-15-21-9-10-22(16-33)35(21)27(36)37/h3-8,11-14,17,21-22H,2,9-10,15-16H2,1H3,(H,36,37)(H,29,30,31). The summed E-state index contributed by atoms with van der Waals surface area (Å²) in [5.41, 5.74) is 5.44. The molecule has 2 aliphatic rings. The quantitative estimate of drug-likeness (QED) is 0.401. The van der Waals surface area contributed by atoms with Crippen molar-refractivity contribution < 1.29 is 9.90 Å². The summed E-state index contributed by atoms with van der Waals surface area (Å²) in [6.07, 6.45) is 8.36. The SMILES string of the molecule is CCn1cc(-c2ccnc(Nc3ccc(N4CC5CCC(C4)N5C(=O)O)cc3)n2)c(-c2cccnc2)n1. The number of rotatable bonds is 6. The first kappa shape index (κ1) is 23.0. The molecule has 37 heavy (non-hydrogen) atoms. The van der Waals surface area contributed by atoms with E-state index in [0.717, 1.165) is 66.4 Å². The van der Waals surface area contributed by atoms with Gasteiger partial charge in [-0.2, -0.15) is 5.10 Å². The minimum absolute atomic E-state index is 0.0683. The summed E-state index contributed by atoms with van der Waals surface area (Å²) in [6, 6.07) is 14.1. The van der Waals surface area contributed by atoms with Crippen LogP contribution < -0.4 is 10.2 Å². The minimum Gasteiger partial charge on any atom is -0.465 e. The number of pyridine rings is 1. The highest BCUT2D eigenvalue weighted by molar-refractivity contribution is 5.78. The van der Waals surface area contributed by atoms with Crippen LogP contribution in [0.1, 0.15) is 19.8 Å². The average molecular weight is 497 g/mol. The van der Waals surface area contributed by atoms with Gasteiger partial charge in [-0.15, -0.1) is 0 Å². The number of nitrogens with zero attached hydrogens (tertiary/aromatic N) is 7. The molecule has 2 N–H and O–H groups in total. The van der Waals surface area contributed by atoms with Gasteiger partial charge in [0.15, 0.2) is 0 Å². The van der Waals surface area contributed by atoms with E-state index in [4.69, 9.17) is 10.1 Å². The lowest BCUT2D eigenvalue weighted by Crippen LogP contribution is -2.55. The third-order valence-electron chi connectivity index (χ3n) is 7.14. The number of benzene rings is 1. The van der Waals surface area contributed by atoms with Crippen molar-refractivity contribution in [1.82, 2.24) is 29.6 Å². The number of anilines is 3. The molecule has 2 saturated heterocycles. The Bertz CT molecular complexity index is 1390. The molecule has 0 spiro atoms. The molecule has 2 aliphatic heterocycles. The van der Waals surface area contributed by atoms with Gasteiger partial charge in [0, 0.05) is 66.9 Å². The average Bonchev–Trinajstić information content (AvgIpc) is 3.48. The first-order valence-corrected chi connectivity index (χ1v) is 12.5. The fraction of sp³-hybridized carbons (Fsp3) is 0.296. The van der Waals surface area contributed by atoms with Crippen molar-refractivity contribution >= 4 is 23.4 Å². The highest BCUT2D eigenvalue weighted by Crippen LogP contribution is 2.34. The maximum absolute atomic E-state index is 11.6. The van der Waals surface area contributed by atoms with Crippen LogP contribution >= 0.6 is 0 Å². The van der Waals surface area contributed by atoms with Crippen LogP contribution in [0.5, 0.6) is 0 Å². The van der Waals surface area contributed by atoms with Crippen LogP contribution in [-0.2, 0) is 6.54 Å². The Labute approximate surface area is 214 Å². The fourth-order valence-electron chi connectivity index (χ4n) is 5.37. The highest BCUT2D eigenvalue weighted by Gasteiger charge is 2.42. The lowest BCUT2D eigenvalue weighted by molar-refractivity contribution is 0.115. The van der Waals surface area contributed by atoms with Crippen molar-refractivity contribution in [2.45, 2.75) is 38.4 Å². The zero-order valence-corrected chi connectivity index (χ0v) is 20.5. The monoisotopic (exact) mass is 496 g/mol. The van der Waals surface area contributed by atoms with Gasteiger partial charge in [-0.1, -0.05) is 0 Å². The van der Waals surface area contributed by atoms with Gasteiger partial charge < -0.3 is 15.3 Å². The molecule has 0 saturated carbocycles. The van der Waals surface area contributed by atoms with E-state index in [1.807, 2.05) is 41.2 Å². The van der Waals surface area contributed by atoms with Gasteiger partial charge in [-0.3, -0.25) is 14.6 Å². The number of carboxylic acid groups (broad SMARTS) is 1. The first-order chi connectivity index (χ1) is 18.1. The van der Waals surface area contributed by atoms with Crippen LogP contribution in [0, 0.1) is 0 Å². The number of hydrogen-bond acceptors (Lipinski definition) is 7. The molecular formula is C27H28N8O2. The van der Waals surface area contributed by atoms with E-state index in [9.17, 15) is 9.90 Å². The van der Waals surface area contributed by atoms with Crippen molar-refractivity contribution in [1.29, 1.82) is 0 Å². The van der Waals surface area contributed by atoms with E-state index < -0.39 is 6.09 Å². The number of fused-ring (bicyclic) bond motifs is 2. The Kier molecular flexibility index (Phi) is 5.91. The number of hydrogen-bond donors (Lipinski definition) is 2. The number of carbonyl (C=O) groups is 1. The van der Waals surface area contributed by atoms with Gasteiger partial charge in [-0.05, 0) is 62.2 Å². The van der Waals surface area contributed by atoms with Crippen LogP contribution in [0.2, 0.25) is 0 Å². The van der Waals surface area contributed by atoms with E-state index in [-0.39, 0.29) is 12.1 Å². The summed E-state index contributed by atoms with van der Waals surface area (Å²) in [7, 11) is 0. The van der Waals surface area contributed by atoms with Gasteiger partial charge in [0.05, 0.1) is 17.8 Å². The van der Waals surface area contributed by atoms with Crippen LogP contribution in [0.15, 0.2) is 67.3 Å². The van der Waals surface area contributed by atoms with E-state index in [1.165, 1.54) is 0 Å². The van der Waals surface area contributed by atoms with Gasteiger partial charge >= 0.3 is 6.09 Å². The normalized spacial score (nSPS) is 18.7. The molecule has 0 aliphatic carbocycles. The second-order valence-electron chi connectivity index (χ2n) is 9.41. The van der Waals surface area contributed by atoms with E-state index in [1.54, 1.807) is 23.5 Å². The molecule has 188 valence electrons. The number of aryl methyl sites for hydroxylation is 1. The Hall–Kier alpha value is -4.47. The minimum atomic E-state index is -0.802. The molecule has 2 fully saturated rings. The maximum atomic E-state index is 11.6. The molecule has 0 radical (unpaired) electrons. The molecule has 5 heterocycles. The second-order valence-corrected chi connectivity index (χ2v) is 9.41. The summed E-state index contributed by atoms with van der Waals surface area (Å²) in [5.74, 6) is 0.500. The van der Waals surface area contributed by atoms with Crippen molar-refractivity contribution in [3.05, 3.63) is 67.3 Å². The van der Waals surface area contributed by atoms with E-state index in [0.29, 0.717) is 5.95 Å². The van der Waals surface area contributed by atoms with E-state index in [2.05, 4.69) is 39.2 Å². The molecular weight excluding hydrogens is 468 g/mol. The lowest BCUT2D eigenvalue weighted by atomic mass is 10.1. The number of nitrogens with one attached hydrogen (secondary N) is 1. The molecule has 2 unspecified atom stereocenters. The summed E-state index contributed by atoms with van der Waals surface area (Å²) in [4.78, 5) is 28.9. The lowest BCUT2D eigenvalue weighted by Gasteiger charge is -2.40. The smallest absolute Gasteiger partial charge is 0.407 e. The summed E-state index contributed by atoms with van der Waals surface area (Å²) >= 11 is 0. The van der Waals surface area contributed by atoms with Crippen LogP contribution in [0.3, 0.4) is 0 Å². The molecule has 1 amide bonds. The number of aromatic nitrogens is 5. The van der Waals surface area contributed by atoms with Crippen molar-refractivity contribution in [3.8, 4) is 22.5 Å².